The minimum absolute atomic E-state index is 0.132. The molecule has 0 unspecified atom stereocenters. The standard InChI is InChI=1S/C23H29N3OS/c1-17(2)19-9-11-21(12-10-19)25-23(28)24-16-18-7-6-8-20(15-18)22(27)26-13-4-3-5-14-26/h6-12,15,17H,3-5,13-14,16H2,1-2H3,(H2,24,25,28). The molecule has 0 bridgehead atoms. The van der Waals surface area contributed by atoms with Gasteiger partial charge in [-0.05, 0) is 72.8 Å². The van der Waals surface area contributed by atoms with E-state index in [2.05, 4.69) is 36.6 Å². The maximum Gasteiger partial charge on any atom is 0.253 e. The van der Waals surface area contributed by atoms with Gasteiger partial charge in [0, 0.05) is 30.9 Å². The average molecular weight is 396 g/mol. The molecule has 0 aromatic heterocycles. The number of nitrogens with one attached hydrogen (secondary N) is 2. The van der Waals surface area contributed by atoms with Gasteiger partial charge in [0.1, 0.15) is 0 Å². The molecule has 1 heterocycles. The van der Waals surface area contributed by atoms with Gasteiger partial charge in [0.05, 0.1) is 0 Å². The highest BCUT2D eigenvalue weighted by Crippen LogP contribution is 2.17. The number of benzene rings is 2. The SMILES string of the molecule is CC(C)c1ccc(NC(=S)NCc2cccc(C(=O)N3CCCCC3)c2)cc1. The number of hydrogen-bond donors (Lipinski definition) is 2. The van der Waals surface area contributed by atoms with E-state index in [0.29, 0.717) is 17.6 Å². The van der Waals surface area contributed by atoms with E-state index in [1.807, 2.05) is 41.3 Å². The molecule has 2 aromatic carbocycles. The van der Waals surface area contributed by atoms with Crippen LogP contribution in [0, 0.1) is 0 Å². The number of rotatable bonds is 5. The molecule has 148 valence electrons. The molecule has 1 amide bonds. The number of piperidine rings is 1. The first-order valence-electron chi connectivity index (χ1n) is 10.1. The van der Waals surface area contributed by atoms with Crippen molar-refractivity contribution in [1.82, 2.24) is 10.2 Å². The van der Waals surface area contributed by atoms with E-state index in [1.54, 1.807) is 0 Å². The second-order valence-electron chi connectivity index (χ2n) is 7.64. The smallest absolute Gasteiger partial charge is 0.253 e. The number of thiocarbonyl (C=S) groups is 1. The molecule has 1 aliphatic rings. The maximum atomic E-state index is 12.7. The number of carbonyl (C=O) groups is 1. The zero-order chi connectivity index (χ0) is 19.9. The number of carbonyl (C=O) groups excluding carboxylic acids is 1. The Balaban J connectivity index is 1.53. The van der Waals surface area contributed by atoms with E-state index in [0.717, 1.165) is 42.7 Å². The van der Waals surface area contributed by atoms with Crippen LogP contribution >= 0.6 is 12.2 Å². The van der Waals surface area contributed by atoms with E-state index >= 15 is 0 Å². The highest BCUT2D eigenvalue weighted by atomic mass is 32.1. The fourth-order valence-corrected chi connectivity index (χ4v) is 3.59. The highest BCUT2D eigenvalue weighted by molar-refractivity contribution is 7.80. The summed E-state index contributed by atoms with van der Waals surface area (Å²) in [6.07, 6.45) is 3.43. The molecule has 3 rings (SSSR count). The Bertz CT molecular complexity index is 811. The third kappa shape index (κ3) is 5.55. The molecule has 5 heteroatoms. The summed E-state index contributed by atoms with van der Waals surface area (Å²) in [7, 11) is 0. The quantitative estimate of drug-likeness (QED) is 0.705. The van der Waals surface area contributed by atoms with Crippen LogP contribution in [0.15, 0.2) is 48.5 Å². The maximum absolute atomic E-state index is 12.7. The molecular formula is C23H29N3OS. The lowest BCUT2D eigenvalue weighted by Crippen LogP contribution is -2.35. The van der Waals surface area contributed by atoms with Crippen LogP contribution in [0.5, 0.6) is 0 Å². The van der Waals surface area contributed by atoms with Crippen molar-refractivity contribution in [2.24, 2.45) is 0 Å². The summed E-state index contributed by atoms with van der Waals surface area (Å²) in [6, 6.07) is 16.1. The monoisotopic (exact) mass is 395 g/mol. The molecule has 1 aliphatic heterocycles. The van der Waals surface area contributed by atoms with E-state index in [4.69, 9.17) is 12.2 Å². The Morgan fingerprint density at radius 1 is 1.07 bits per heavy atom. The Kier molecular flexibility index (Phi) is 7.04. The number of nitrogens with zero attached hydrogens (tertiary/aromatic N) is 1. The summed E-state index contributed by atoms with van der Waals surface area (Å²) in [5, 5.41) is 7.01. The van der Waals surface area contributed by atoms with Crippen molar-refractivity contribution in [3.05, 3.63) is 65.2 Å². The lowest BCUT2D eigenvalue weighted by molar-refractivity contribution is 0.0724. The zero-order valence-corrected chi connectivity index (χ0v) is 17.5. The summed E-state index contributed by atoms with van der Waals surface area (Å²) in [5.74, 6) is 0.645. The molecule has 4 nitrogen and oxygen atoms in total. The zero-order valence-electron chi connectivity index (χ0n) is 16.7. The van der Waals surface area contributed by atoms with Crippen molar-refractivity contribution in [3.8, 4) is 0 Å². The minimum atomic E-state index is 0.132. The van der Waals surface area contributed by atoms with Crippen LogP contribution in [0.2, 0.25) is 0 Å². The van der Waals surface area contributed by atoms with Gasteiger partial charge in [-0.3, -0.25) is 4.79 Å². The van der Waals surface area contributed by atoms with Gasteiger partial charge in [0.25, 0.3) is 5.91 Å². The Morgan fingerprint density at radius 2 is 1.79 bits per heavy atom. The van der Waals surface area contributed by atoms with Crippen LogP contribution in [-0.2, 0) is 6.54 Å². The van der Waals surface area contributed by atoms with Gasteiger partial charge < -0.3 is 15.5 Å². The van der Waals surface area contributed by atoms with Crippen molar-refractivity contribution in [2.75, 3.05) is 18.4 Å². The molecule has 2 N–H and O–H groups in total. The van der Waals surface area contributed by atoms with Crippen molar-refractivity contribution < 1.29 is 4.79 Å². The van der Waals surface area contributed by atoms with Gasteiger partial charge in [0.2, 0.25) is 0 Å². The first kappa shape index (κ1) is 20.3. The minimum Gasteiger partial charge on any atom is -0.358 e. The Hall–Kier alpha value is -2.40. The second-order valence-corrected chi connectivity index (χ2v) is 8.05. The lowest BCUT2D eigenvalue weighted by atomic mass is 10.0. The van der Waals surface area contributed by atoms with Gasteiger partial charge in [-0.1, -0.05) is 38.1 Å². The number of anilines is 1. The highest BCUT2D eigenvalue weighted by Gasteiger charge is 2.18. The number of amides is 1. The van der Waals surface area contributed by atoms with Crippen LogP contribution in [0.25, 0.3) is 0 Å². The molecule has 2 aromatic rings. The average Bonchev–Trinajstić information content (AvgIpc) is 2.73. The van der Waals surface area contributed by atoms with Crippen molar-refractivity contribution in [3.63, 3.8) is 0 Å². The largest absolute Gasteiger partial charge is 0.358 e. The normalized spacial score (nSPS) is 14.0. The molecular weight excluding hydrogens is 366 g/mol. The number of likely N-dealkylation sites (tertiary alicyclic amines) is 1. The Morgan fingerprint density at radius 3 is 2.46 bits per heavy atom. The Labute approximate surface area is 173 Å². The van der Waals surface area contributed by atoms with E-state index in [1.165, 1.54) is 12.0 Å². The van der Waals surface area contributed by atoms with Gasteiger partial charge in [-0.25, -0.2) is 0 Å². The van der Waals surface area contributed by atoms with Gasteiger partial charge in [0.15, 0.2) is 5.11 Å². The third-order valence-corrected chi connectivity index (χ3v) is 5.35. The summed E-state index contributed by atoms with van der Waals surface area (Å²) in [4.78, 5) is 14.6. The van der Waals surface area contributed by atoms with Gasteiger partial charge in [-0.2, -0.15) is 0 Å². The fraction of sp³-hybridized carbons (Fsp3) is 0.391. The van der Waals surface area contributed by atoms with Gasteiger partial charge >= 0.3 is 0 Å². The van der Waals surface area contributed by atoms with E-state index < -0.39 is 0 Å². The van der Waals surface area contributed by atoms with Crippen LogP contribution < -0.4 is 10.6 Å². The lowest BCUT2D eigenvalue weighted by Gasteiger charge is -2.26. The summed E-state index contributed by atoms with van der Waals surface area (Å²) >= 11 is 5.41. The molecule has 0 aliphatic carbocycles. The summed E-state index contributed by atoms with van der Waals surface area (Å²) < 4.78 is 0. The van der Waals surface area contributed by atoms with Crippen LogP contribution in [0.1, 0.15) is 60.5 Å². The van der Waals surface area contributed by atoms with E-state index in [9.17, 15) is 4.79 Å². The second kappa shape index (κ2) is 9.69. The molecule has 0 spiro atoms. The predicted molar refractivity (Wildman–Crippen MR) is 120 cm³/mol. The van der Waals surface area contributed by atoms with Crippen molar-refractivity contribution in [2.45, 2.75) is 45.6 Å². The molecule has 0 saturated carbocycles. The number of hydrogen-bond acceptors (Lipinski definition) is 2. The molecule has 0 atom stereocenters. The first-order chi connectivity index (χ1) is 13.5. The molecule has 1 fully saturated rings. The molecule has 28 heavy (non-hydrogen) atoms. The van der Waals surface area contributed by atoms with Gasteiger partial charge in [-0.15, -0.1) is 0 Å². The topological polar surface area (TPSA) is 44.4 Å². The third-order valence-electron chi connectivity index (χ3n) is 5.11. The predicted octanol–water partition coefficient (Wildman–Crippen LogP) is 4.92. The van der Waals surface area contributed by atoms with E-state index in [-0.39, 0.29) is 5.91 Å². The summed E-state index contributed by atoms with van der Waals surface area (Å²) in [6.45, 7) is 6.67. The van der Waals surface area contributed by atoms with Crippen LogP contribution in [-0.4, -0.2) is 29.0 Å². The summed E-state index contributed by atoms with van der Waals surface area (Å²) in [5.41, 5.74) is 4.07. The van der Waals surface area contributed by atoms with Crippen LogP contribution in [0.3, 0.4) is 0 Å². The molecule has 0 radical (unpaired) electrons. The van der Waals surface area contributed by atoms with Crippen LogP contribution in [0.4, 0.5) is 5.69 Å². The van der Waals surface area contributed by atoms with Crippen molar-refractivity contribution in [1.29, 1.82) is 0 Å². The molecule has 1 saturated heterocycles. The fourth-order valence-electron chi connectivity index (χ4n) is 3.40. The first-order valence-corrected chi connectivity index (χ1v) is 10.5. The van der Waals surface area contributed by atoms with Crippen molar-refractivity contribution >= 4 is 28.9 Å².